The Hall–Kier alpha value is -3.19. The highest BCUT2D eigenvalue weighted by Gasteiger charge is 2.25. The Kier molecular flexibility index (Phi) is 5.66. The van der Waals surface area contributed by atoms with Gasteiger partial charge in [-0.2, -0.15) is 5.10 Å². The van der Waals surface area contributed by atoms with Crippen LogP contribution in [0.2, 0.25) is 0 Å². The number of likely N-dealkylation sites (N-methyl/N-ethyl adjacent to an activating group) is 1. The van der Waals surface area contributed by atoms with E-state index >= 15 is 0 Å². The Bertz CT molecular complexity index is 1310. The topological polar surface area (TPSA) is 69.5 Å². The van der Waals surface area contributed by atoms with Crippen LogP contribution in [0.4, 0.5) is 0 Å². The molecule has 1 N–H and O–H groups in total. The van der Waals surface area contributed by atoms with E-state index < -0.39 is 0 Å². The number of hydrogen-bond acceptors (Lipinski definition) is 4. The number of amides is 1. The van der Waals surface area contributed by atoms with Gasteiger partial charge in [0.05, 0.1) is 12.2 Å². The highest BCUT2D eigenvalue weighted by Crippen LogP contribution is 2.35. The minimum absolute atomic E-state index is 0.233. The minimum atomic E-state index is 0.233. The number of rotatable bonds is 5. The summed E-state index contributed by atoms with van der Waals surface area (Å²) in [6, 6.07) is 9.04. The second-order valence-corrected chi connectivity index (χ2v) is 9.47. The third kappa shape index (κ3) is 4.02. The molecule has 0 radical (unpaired) electrons. The lowest BCUT2D eigenvalue weighted by atomic mass is 9.88. The van der Waals surface area contributed by atoms with Crippen LogP contribution in [0.1, 0.15) is 42.4 Å². The van der Waals surface area contributed by atoms with Crippen molar-refractivity contribution in [3.63, 3.8) is 0 Å². The molecule has 0 unspecified atom stereocenters. The Balaban J connectivity index is 1.43. The first-order valence-corrected chi connectivity index (χ1v) is 11.8. The number of likely N-dealkylation sites (tertiary alicyclic amines) is 1. The number of aromatic nitrogens is 4. The maximum atomic E-state index is 12.4. The zero-order valence-electron chi connectivity index (χ0n) is 19.9. The van der Waals surface area contributed by atoms with E-state index in [9.17, 15) is 4.79 Å². The number of aromatic amines is 1. The molecule has 172 valence electrons. The summed E-state index contributed by atoms with van der Waals surface area (Å²) >= 11 is 0. The van der Waals surface area contributed by atoms with Crippen molar-refractivity contribution in [1.29, 1.82) is 0 Å². The number of carbonyl (C=O) groups is 1. The third-order valence-electron chi connectivity index (χ3n) is 6.90. The van der Waals surface area contributed by atoms with Crippen molar-refractivity contribution >= 4 is 22.5 Å². The Morgan fingerprint density at radius 2 is 2.00 bits per heavy atom. The molecule has 0 atom stereocenters. The average molecular weight is 445 g/mol. The first-order chi connectivity index (χ1) is 15.9. The highest BCUT2D eigenvalue weighted by molar-refractivity contribution is 5.91. The first-order valence-electron chi connectivity index (χ1n) is 11.8. The van der Waals surface area contributed by atoms with E-state index in [-0.39, 0.29) is 5.91 Å². The van der Waals surface area contributed by atoms with Gasteiger partial charge >= 0.3 is 0 Å². The van der Waals surface area contributed by atoms with Crippen molar-refractivity contribution in [3.8, 4) is 11.3 Å². The van der Waals surface area contributed by atoms with Gasteiger partial charge in [-0.1, -0.05) is 13.0 Å². The largest absolute Gasteiger partial charge is 0.354 e. The van der Waals surface area contributed by atoms with Gasteiger partial charge in [0.25, 0.3) is 0 Å². The Morgan fingerprint density at radius 1 is 1.21 bits per heavy atom. The van der Waals surface area contributed by atoms with Gasteiger partial charge in [0.1, 0.15) is 6.33 Å². The Morgan fingerprint density at radius 3 is 2.73 bits per heavy atom. The van der Waals surface area contributed by atoms with Crippen LogP contribution in [-0.4, -0.2) is 69.0 Å². The number of hydrogen-bond donors (Lipinski definition) is 1. The molecular weight excluding hydrogens is 412 g/mol. The van der Waals surface area contributed by atoms with Crippen molar-refractivity contribution < 1.29 is 4.79 Å². The Labute approximate surface area is 194 Å². The lowest BCUT2D eigenvalue weighted by Crippen LogP contribution is -2.42. The molecule has 5 rings (SSSR count). The third-order valence-corrected chi connectivity index (χ3v) is 6.90. The van der Waals surface area contributed by atoms with Crippen molar-refractivity contribution in [1.82, 2.24) is 29.4 Å². The predicted molar refractivity (Wildman–Crippen MR) is 132 cm³/mol. The normalized spacial score (nSPS) is 15.2. The van der Waals surface area contributed by atoms with E-state index in [1.54, 1.807) is 6.33 Å². The van der Waals surface area contributed by atoms with Crippen molar-refractivity contribution in [3.05, 3.63) is 53.5 Å². The summed E-state index contributed by atoms with van der Waals surface area (Å²) in [5, 5.41) is 5.64. The van der Waals surface area contributed by atoms with Crippen LogP contribution in [0, 0.1) is 6.92 Å². The summed E-state index contributed by atoms with van der Waals surface area (Å²) < 4.78 is 1.85. The maximum absolute atomic E-state index is 12.4. The maximum Gasteiger partial charge on any atom is 0.236 e. The van der Waals surface area contributed by atoms with Crippen LogP contribution >= 0.6 is 0 Å². The summed E-state index contributed by atoms with van der Waals surface area (Å²) in [5.41, 5.74) is 8.19. The van der Waals surface area contributed by atoms with E-state index in [0.717, 1.165) is 54.8 Å². The summed E-state index contributed by atoms with van der Waals surface area (Å²) in [5.74, 6) is 0.728. The van der Waals surface area contributed by atoms with Gasteiger partial charge in [-0.05, 0) is 81.1 Å². The molecule has 1 aromatic carbocycles. The van der Waals surface area contributed by atoms with Gasteiger partial charge in [0.15, 0.2) is 5.65 Å². The van der Waals surface area contributed by atoms with Gasteiger partial charge in [-0.3, -0.25) is 4.79 Å². The van der Waals surface area contributed by atoms with Crippen molar-refractivity contribution in [2.24, 2.45) is 0 Å². The van der Waals surface area contributed by atoms with E-state index in [1.165, 1.54) is 22.0 Å². The van der Waals surface area contributed by atoms with Crippen LogP contribution < -0.4 is 0 Å². The van der Waals surface area contributed by atoms with Gasteiger partial charge in [-0.15, -0.1) is 0 Å². The number of carbonyl (C=O) groups excluding carboxylic acids is 1. The quantitative estimate of drug-likeness (QED) is 0.505. The average Bonchev–Trinajstić information content (AvgIpc) is 3.42. The van der Waals surface area contributed by atoms with Gasteiger partial charge in [-0.25, -0.2) is 9.50 Å². The molecule has 1 aliphatic heterocycles. The molecule has 0 spiro atoms. The fourth-order valence-corrected chi connectivity index (χ4v) is 5.20. The molecule has 1 fully saturated rings. The summed E-state index contributed by atoms with van der Waals surface area (Å²) in [6.07, 6.45) is 6.64. The summed E-state index contributed by atoms with van der Waals surface area (Å²) in [4.78, 5) is 24.4. The number of pyridine rings is 1. The predicted octanol–water partition coefficient (Wildman–Crippen LogP) is 4.02. The molecule has 0 bridgehead atoms. The van der Waals surface area contributed by atoms with Gasteiger partial charge < -0.3 is 14.8 Å². The van der Waals surface area contributed by atoms with E-state index in [1.807, 2.05) is 28.4 Å². The molecule has 1 aliphatic rings. The monoisotopic (exact) mass is 444 g/mol. The van der Waals surface area contributed by atoms with Gasteiger partial charge in [0, 0.05) is 35.8 Å². The molecule has 7 nitrogen and oxygen atoms in total. The van der Waals surface area contributed by atoms with Crippen molar-refractivity contribution in [2.75, 3.05) is 33.7 Å². The molecule has 0 saturated carbocycles. The van der Waals surface area contributed by atoms with Crippen LogP contribution in [0.3, 0.4) is 0 Å². The van der Waals surface area contributed by atoms with Crippen molar-refractivity contribution in [2.45, 2.75) is 39.0 Å². The minimum Gasteiger partial charge on any atom is -0.354 e. The SMILES string of the molecule is CCc1c(-c2cc(C)c3ncnn3c2)[nH]c2ccc(C3CCN(C(=O)CN(C)C)CC3)cc12. The second-order valence-electron chi connectivity index (χ2n) is 9.47. The molecule has 1 amide bonds. The first kappa shape index (κ1) is 21.6. The van der Waals surface area contributed by atoms with Gasteiger partial charge in [0.2, 0.25) is 5.91 Å². The highest BCUT2D eigenvalue weighted by atomic mass is 16.2. The molecule has 4 aromatic rings. The smallest absolute Gasteiger partial charge is 0.236 e. The van der Waals surface area contributed by atoms with E-state index in [0.29, 0.717) is 12.5 Å². The fraction of sp³-hybridized carbons (Fsp3) is 0.423. The zero-order chi connectivity index (χ0) is 23.1. The molecule has 3 aromatic heterocycles. The number of piperidine rings is 1. The number of fused-ring (bicyclic) bond motifs is 2. The number of H-pyrrole nitrogens is 1. The van der Waals surface area contributed by atoms with E-state index in [4.69, 9.17) is 0 Å². The lowest BCUT2D eigenvalue weighted by molar-refractivity contribution is -0.132. The molecule has 33 heavy (non-hydrogen) atoms. The van der Waals surface area contributed by atoms with Crippen LogP contribution in [-0.2, 0) is 11.2 Å². The lowest BCUT2D eigenvalue weighted by Gasteiger charge is -2.33. The second kappa shape index (κ2) is 8.63. The molecular formula is C26H32N6O. The van der Waals surface area contributed by atoms with E-state index in [2.05, 4.69) is 59.4 Å². The van der Waals surface area contributed by atoms with Crippen LogP contribution in [0.15, 0.2) is 36.8 Å². The number of benzene rings is 1. The summed E-state index contributed by atoms with van der Waals surface area (Å²) in [7, 11) is 3.89. The number of nitrogens with one attached hydrogen (secondary N) is 1. The molecule has 7 heteroatoms. The molecule has 0 aliphatic carbocycles. The zero-order valence-corrected chi connectivity index (χ0v) is 19.9. The number of aryl methyl sites for hydroxylation is 2. The molecule has 4 heterocycles. The van der Waals surface area contributed by atoms with Crippen LogP contribution in [0.25, 0.3) is 27.8 Å². The van der Waals surface area contributed by atoms with Crippen LogP contribution in [0.5, 0.6) is 0 Å². The standard InChI is InChI=1S/C26H32N6O/c1-5-21-22-13-19(18-8-10-31(11-9-18)24(33)15-30(3)4)6-7-23(22)29-25(21)20-12-17(2)26-27-16-28-32(26)14-20/h6-7,12-14,16,18,29H,5,8-11,15H2,1-4H3. The number of nitrogens with zero attached hydrogens (tertiary/aromatic N) is 5. The molecule has 1 saturated heterocycles. The fourth-order valence-electron chi connectivity index (χ4n) is 5.20. The summed E-state index contributed by atoms with van der Waals surface area (Å²) in [6.45, 7) is 6.46.